The molecule has 20 heavy (non-hydrogen) atoms. The largest absolute Gasteiger partial charge is 0.450 e. The molecule has 0 heterocycles. The molecule has 4 nitrogen and oxygen atoms in total. The lowest BCUT2D eigenvalue weighted by Gasteiger charge is -2.08. The molecular weight excluding hydrogens is 325 g/mol. The number of rotatable bonds is 4. The van der Waals surface area contributed by atoms with Gasteiger partial charge in [0.05, 0.1) is 15.0 Å². The highest BCUT2D eigenvalue weighted by Crippen LogP contribution is 2.38. The van der Waals surface area contributed by atoms with E-state index in [4.69, 9.17) is 39.5 Å². The Kier molecular flexibility index (Phi) is 4.70. The first-order valence-electron chi connectivity index (χ1n) is 5.47. The molecule has 0 spiro atoms. The average molecular weight is 333 g/mol. The van der Waals surface area contributed by atoms with Crippen molar-refractivity contribution in [2.45, 2.75) is 5.88 Å². The van der Waals surface area contributed by atoms with Gasteiger partial charge in [-0.3, -0.25) is 10.1 Å². The Morgan fingerprint density at radius 2 is 1.85 bits per heavy atom. The van der Waals surface area contributed by atoms with E-state index < -0.39 is 4.92 Å². The molecule has 104 valence electrons. The lowest BCUT2D eigenvalue weighted by molar-refractivity contribution is -0.385. The minimum Gasteiger partial charge on any atom is -0.450 e. The Labute approximate surface area is 130 Å². The molecule has 2 rings (SSSR count). The van der Waals surface area contributed by atoms with Crippen molar-refractivity contribution in [2.24, 2.45) is 0 Å². The molecule has 0 unspecified atom stereocenters. The van der Waals surface area contributed by atoms with E-state index in [9.17, 15) is 10.1 Å². The second kappa shape index (κ2) is 6.31. The van der Waals surface area contributed by atoms with Crippen LogP contribution in [-0.2, 0) is 5.88 Å². The Balaban J connectivity index is 2.41. The summed E-state index contributed by atoms with van der Waals surface area (Å²) in [6.07, 6.45) is 0. The number of benzene rings is 2. The van der Waals surface area contributed by atoms with Crippen molar-refractivity contribution in [2.75, 3.05) is 0 Å². The Morgan fingerprint density at radius 1 is 1.15 bits per heavy atom. The van der Waals surface area contributed by atoms with Gasteiger partial charge in [-0.15, -0.1) is 11.6 Å². The third-order valence-corrected chi connectivity index (χ3v) is 3.51. The van der Waals surface area contributed by atoms with Gasteiger partial charge in [-0.2, -0.15) is 0 Å². The molecule has 0 saturated heterocycles. The van der Waals surface area contributed by atoms with E-state index >= 15 is 0 Å². The van der Waals surface area contributed by atoms with E-state index in [1.807, 2.05) is 6.07 Å². The minimum atomic E-state index is -0.580. The molecule has 0 aliphatic heterocycles. The summed E-state index contributed by atoms with van der Waals surface area (Å²) in [4.78, 5) is 10.4. The summed E-state index contributed by atoms with van der Waals surface area (Å²) in [5, 5.41) is 11.3. The van der Waals surface area contributed by atoms with Gasteiger partial charge in [-0.25, -0.2) is 0 Å². The van der Waals surface area contributed by atoms with Gasteiger partial charge in [0.2, 0.25) is 5.75 Å². The van der Waals surface area contributed by atoms with Gasteiger partial charge in [0.25, 0.3) is 0 Å². The molecule has 0 bridgehead atoms. The summed E-state index contributed by atoms with van der Waals surface area (Å²) in [5.41, 5.74) is 0.586. The number of ether oxygens (including phenoxy) is 1. The van der Waals surface area contributed by atoms with E-state index in [1.54, 1.807) is 18.2 Å². The number of nitro groups is 1. The van der Waals surface area contributed by atoms with Crippen molar-refractivity contribution >= 4 is 40.5 Å². The summed E-state index contributed by atoms with van der Waals surface area (Å²) in [6.45, 7) is 0. The van der Waals surface area contributed by atoms with Crippen molar-refractivity contribution in [1.29, 1.82) is 0 Å². The smallest absolute Gasteiger partial charge is 0.313 e. The number of nitro benzene ring substituents is 1. The van der Waals surface area contributed by atoms with Crippen LogP contribution < -0.4 is 4.74 Å². The summed E-state index contributed by atoms with van der Waals surface area (Å²) in [5.74, 6) is 0.779. The van der Waals surface area contributed by atoms with Crippen molar-refractivity contribution in [3.63, 3.8) is 0 Å². The van der Waals surface area contributed by atoms with Crippen LogP contribution in [-0.4, -0.2) is 4.92 Å². The summed E-state index contributed by atoms with van der Waals surface area (Å²) in [6, 6.07) is 9.40. The Hall–Kier alpha value is -1.49. The molecule has 0 saturated carbocycles. The standard InChI is InChI=1S/C13H8Cl3NO3/c14-7-8-2-1-3-9(4-8)20-13-6-11(16)10(15)5-12(13)17(18)19/h1-6H,7H2. The normalized spacial score (nSPS) is 10.3. The minimum absolute atomic E-state index is 0.0242. The van der Waals surface area contributed by atoms with Crippen LogP contribution in [0.25, 0.3) is 0 Å². The highest BCUT2D eigenvalue weighted by Gasteiger charge is 2.19. The van der Waals surface area contributed by atoms with Crippen LogP contribution in [0.3, 0.4) is 0 Å². The second-order valence-corrected chi connectivity index (χ2v) is 4.96. The molecule has 0 N–H and O–H groups in total. The highest BCUT2D eigenvalue weighted by atomic mass is 35.5. The molecule has 0 atom stereocenters. The van der Waals surface area contributed by atoms with E-state index in [1.165, 1.54) is 6.07 Å². The number of hydrogen-bond acceptors (Lipinski definition) is 3. The fraction of sp³-hybridized carbons (Fsp3) is 0.0769. The first-order valence-corrected chi connectivity index (χ1v) is 6.76. The number of hydrogen-bond donors (Lipinski definition) is 0. The van der Waals surface area contributed by atoms with Crippen LogP contribution in [0.4, 0.5) is 5.69 Å². The molecule has 0 aliphatic rings. The van der Waals surface area contributed by atoms with E-state index in [2.05, 4.69) is 0 Å². The molecule has 0 radical (unpaired) electrons. The number of alkyl halides is 1. The number of halogens is 3. The maximum absolute atomic E-state index is 11.0. The predicted molar refractivity (Wildman–Crippen MR) is 79.2 cm³/mol. The second-order valence-electron chi connectivity index (χ2n) is 3.87. The van der Waals surface area contributed by atoms with E-state index in [0.29, 0.717) is 11.6 Å². The molecule has 2 aromatic rings. The van der Waals surface area contributed by atoms with Gasteiger partial charge in [-0.05, 0) is 17.7 Å². The van der Waals surface area contributed by atoms with Gasteiger partial charge >= 0.3 is 5.69 Å². The van der Waals surface area contributed by atoms with Crippen LogP contribution >= 0.6 is 34.8 Å². The molecule has 0 aliphatic carbocycles. The molecule has 0 fully saturated rings. The molecule has 0 aromatic heterocycles. The Morgan fingerprint density at radius 3 is 2.50 bits per heavy atom. The highest BCUT2D eigenvalue weighted by molar-refractivity contribution is 6.42. The van der Waals surface area contributed by atoms with Crippen LogP contribution in [0.1, 0.15) is 5.56 Å². The quantitative estimate of drug-likeness (QED) is 0.426. The SMILES string of the molecule is O=[N+]([O-])c1cc(Cl)c(Cl)cc1Oc1cccc(CCl)c1. The lowest BCUT2D eigenvalue weighted by atomic mass is 10.2. The zero-order chi connectivity index (χ0) is 14.7. The monoisotopic (exact) mass is 331 g/mol. The zero-order valence-electron chi connectivity index (χ0n) is 9.98. The van der Waals surface area contributed by atoms with Gasteiger partial charge in [-0.1, -0.05) is 35.3 Å². The summed E-state index contributed by atoms with van der Waals surface area (Å²) >= 11 is 17.4. The summed E-state index contributed by atoms with van der Waals surface area (Å²) in [7, 11) is 0. The molecular formula is C13H8Cl3NO3. The number of nitrogens with zero attached hydrogens (tertiary/aromatic N) is 1. The van der Waals surface area contributed by atoms with E-state index in [-0.39, 0.29) is 21.5 Å². The van der Waals surface area contributed by atoms with Gasteiger partial charge < -0.3 is 4.74 Å². The van der Waals surface area contributed by atoms with Crippen molar-refractivity contribution < 1.29 is 9.66 Å². The third-order valence-electron chi connectivity index (χ3n) is 2.48. The lowest BCUT2D eigenvalue weighted by Crippen LogP contribution is -1.94. The summed E-state index contributed by atoms with van der Waals surface area (Å²) < 4.78 is 5.51. The van der Waals surface area contributed by atoms with Gasteiger partial charge in [0.1, 0.15) is 5.75 Å². The van der Waals surface area contributed by atoms with E-state index in [0.717, 1.165) is 11.6 Å². The molecule has 2 aromatic carbocycles. The first-order chi connectivity index (χ1) is 9.51. The zero-order valence-corrected chi connectivity index (χ0v) is 12.2. The van der Waals surface area contributed by atoms with Crippen LogP contribution in [0.5, 0.6) is 11.5 Å². The van der Waals surface area contributed by atoms with Gasteiger partial charge in [0, 0.05) is 18.0 Å². The van der Waals surface area contributed by atoms with Crippen LogP contribution in [0.15, 0.2) is 36.4 Å². The fourth-order valence-electron chi connectivity index (χ4n) is 1.56. The van der Waals surface area contributed by atoms with Crippen molar-refractivity contribution in [1.82, 2.24) is 0 Å². The predicted octanol–water partition coefficient (Wildman–Crippen LogP) is 5.43. The van der Waals surface area contributed by atoms with Crippen molar-refractivity contribution in [3.8, 4) is 11.5 Å². The van der Waals surface area contributed by atoms with Crippen LogP contribution in [0.2, 0.25) is 10.0 Å². The molecule has 0 amide bonds. The third kappa shape index (κ3) is 3.33. The van der Waals surface area contributed by atoms with Crippen LogP contribution in [0, 0.1) is 10.1 Å². The molecule has 7 heteroatoms. The fourth-order valence-corrected chi connectivity index (χ4v) is 2.04. The maximum atomic E-state index is 11.0. The maximum Gasteiger partial charge on any atom is 0.313 e. The Bertz CT molecular complexity index is 661. The van der Waals surface area contributed by atoms with Crippen molar-refractivity contribution in [3.05, 3.63) is 62.1 Å². The topological polar surface area (TPSA) is 52.4 Å². The first kappa shape index (κ1) is 14.9. The van der Waals surface area contributed by atoms with Gasteiger partial charge in [0.15, 0.2) is 0 Å². The average Bonchev–Trinajstić information content (AvgIpc) is 2.42.